The predicted molar refractivity (Wildman–Crippen MR) is 247 cm³/mol. The van der Waals surface area contributed by atoms with Crippen molar-refractivity contribution in [1.82, 2.24) is 4.90 Å². The van der Waals surface area contributed by atoms with Gasteiger partial charge in [-0.3, -0.25) is 9.59 Å². The molecule has 2 aliphatic heterocycles. The molecule has 4 aromatic rings. The molecule has 338 valence electrons. The van der Waals surface area contributed by atoms with E-state index in [0.717, 1.165) is 78.9 Å². The fourth-order valence-corrected chi connectivity index (χ4v) is 10.5. The summed E-state index contributed by atoms with van der Waals surface area (Å²) in [6.07, 6.45) is 12.6. The van der Waals surface area contributed by atoms with Gasteiger partial charge in [-0.2, -0.15) is 0 Å². The van der Waals surface area contributed by atoms with Crippen molar-refractivity contribution in [3.05, 3.63) is 126 Å². The zero-order valence-corrected chi connectivity index (χ0v) is 36.9. The number of aldehydes is 1. The number of carbonyl (C=O) groups is 2. The molecule has 7 atom stereocenters. The summed E-state index contributed by atoms with van der Waals surface area (Å²) < 4.78 is 27.1. The van der Waals surface area contributed by atoms with E-state index in [0.29, 0.717) is 67.2 Å². The zero-order chi connectivity index (χ0) is 44.5. The Kier molecular flexibility index (Phi) is 14.9. The van der Waals surface area contributed by atoms with E-state index >= 15 is 4.79 Å². The monoisotopic (exact) mass is 870 g/mol. The molecule has 11 nitrogen and oxygen atoms in total. The number of hydrogen-bond acceptors (Lipinski definition) is 10. The Labute approximate surface area is 376 Å². The average molecular weight is 871 g/mol. The minimum absolute atomic E-state index is 0.0420. The van der Waals surface area contributed by atoms with E-state index in [9.17, 15) is 15.0 Å². The van der Waals surface area contributed by atoms with Crippen molar-refractivity contribution in [3.63, 3.8) is 0 Å². The summed E-state index contributed by atoms with van der Waals surface area (Å²) in [5.74, 6) is -0.366. The molecule has 2 aliphatic carbocycles. The molecule has 0 spiro atoms. The van der Waals surface area contributed by atoms with Crippen LogP contribution >= 0.6 is 0 Å². The predicted octanol–water partition coefficient (Wildman–Crippen LogP) is 10.2. The highest BCUT2D eigenvalue weighted by Gasteiger charge is 2.65. The molecule has 2 N–H and O–H groups in total. The molecule has 1 saturated carbocycles. The smallest absolute Gasteiger partial charge is 0.254 e. The number of nitrogens with zero attached hydrogens (tertiary/aromatic N) is 2. The second-order valence-electron chi connectivity index (χ2n) is 17.5. The molecule has 2 heterocycles. The number of benzene rings is 4. The van der Waals surface area contributed by atoms with Crippen molar-refractivity contribution in [2.75, 3.05) is 33.0 Å². The number of rotatable bonds is 20. The van der Waals surface area contributed by atoms with Crippen molar-refractivity contribution < 1.29 is 43.6 Å². The van der Waals surface area contributed by atoms with Crippen LogP contribution in [0.5, 0.6) is 17.2 Å². The third-order valence-corrected chi connectivity index (χ3v) is 13.4. The zero-order valence-electron chi connectivity index (χ0n) is 36.9. The fourth-order valence-electron chi connectivity index (χ4n) is 10.5. The quantitative estimate of drug-likeness (QED) is 0.0385. The number of unbranched alkanes of at least 4 members (excludes halogenated alkanes) is 2. The number of hydrogen-bond donors (Lipinski definition) is 2. The summed E-state index contributed by atoms with van der Waals surface area (Å²) >= 11 is 0. The molecule has 8 rings (SSSR count). The highest BCUT2D eigenvalue weighted by atomic mass is 16.8. The van der Waals surface area contributed by atoms with Crippen LogP contribution in [-0.4, -0.2) is 84.1 Å². The highest BCUT2D eigenvalue weighted by Crippen LogP contribution is 2.62. The fraction of sp³-hybridized carbons (Fsp3) is 0.453. The third-order valence-electron chi connectivity index (χ3n) is 13.4. The number of fused-ring (bicyclic) bond motifs is 3. The lowest BCUT2D eigenvalue weighted by atomic mass is 9.55. The molecule has 0 bridgehead atoms. The molecule has 11 heteroatoms. The number of allylic oxidation sites excluding steroid dienone is 1. The summed E-state index contributed by atoms with van der Waals surface area (Å²) in [6.45, 7) is 7.54. The summed E-state index contributed by atoms with van der Waals surface area (Å²) in [5.41, 5.74) is 3.71. The van der Waals surface area contributed by atoms with Gasteiger partial charge in [-0.1, -0.05) is 79.5 Å². The van der Waals surface area contributed by atoms with Crippen LogP contribution in [0.25, 0.3) is 10.8 Å². The van der Waals surface area contributed by atoms with E-state index in [1.807, 2.05) is 65.6 Å². The first-order valence-corrected chi connectivity index (χ1v) is 23.3. The second-order valence-corrected chi connectivity index (χ2v) is 17.5. The first-order valence-electron chi connectivity index (χ1n) is 23.3. The molecular formula is C53H62N2O9. The van der Waals surface area contributed by atoms with Gasteiger partial charge in [0.15, 0.2) is 0 Å². The van der Waals surface area contributed by atoms with Gasteiger partial charge in [0.05, 0.1) is 24.8 Å². The number of aliphatic hydroxyl groups excluding tert-OH is 2. The maximum atomic E-state index is 15.3. The van der Waals surface area contributed by atoms with Crippen molar-refractivity contribution in [2.45, 2.75) is 102 Å². The number of carbonyl (C=O) groups excluding carboxylic acids is 2. The lowest BCUT2D eigenvalue weighted by Gasteiger charge is -2.60. The third kappa shape index (κ3) is 9.54. The highest BCUT2D eigenvalue weighted by molar-refractivity contribution is 6.04. The maximum Gasteiger partial charge on any atom is 0.254 e. The van der Waals surface area contributed by atoms with Crippen LogP contribution in [0.4, 0.5) is 0 Å². The van der Waals surface area contributed by atoms with E-state index in [4.69, 9.17) is 28.9 Å². The SMILES string of the molecule is C=CCO[C@@]12Oc3ccc(Oc4cccc(C=O)c4)cc3[C@H]3[C@H](CCCCO)[C@@H](CCCCO)C=C(C(=NOC4CCCCO4)C[C@@H]1N(CCC)C(=O)c1ccc4ccccc4c1)[C@H]32. The largest absolute Gasteiger partial charge is 0.459 e. The van der Waals surface area contributed by atoms with Crippen LogP contribution in [0.3, 0.4) is 0 Å². The molecule has 1 unspecified atom stereocenters. The standard InChI is InChI=1S/C53H62N2O9/c1-3-25-55(52(59)40-22-21-37-15-5-6-16-38(37)31-40)48-34-46(54-64-49-20-9-12-29-60-49)44-32-39(17-7-10-26-56)43(19-8-11-27-57)50-45-33-42(62-41-18-13-14-36(30-41)35-58)23-24-47(45)63-53(48,51(44)50)61-28-4-2/h4-6,13-16,18,21-24,30-33,35,39,43,48-51,56-57H,2-3,7-12,17,19-20,25-29,34H2,1H3/t39-,43+,48-,49?,50+,51+,53+/m0/s1. The molecule has 64 heavy (non-hydrogen) atoms. The number of ether oxygens (including phenoxy) is 4. The second kappa shape index (κ2) is 21.1. The average Bonchev–Trinajstić information content (AvgIpc) is 3.33. The first-order chi connectivity index (χ1) is 31.4. The minimum atomic E-state index is -1.40. The van der Waals surface area contributed by atoms with E-state index in [1.54, 1.807) is 24.3 Å². The maximum absolute atomic E-state index is 15.3. The van der Waals surface area contributed by atoms with E-state index < -0.39 is 24.0 Å². The van der Waals surface area contributed by atoms with Gasteiger partial charge in [0, 0.05) is 55.2 Å². The lowest BCUT2D eigenvalue weighted by molar-refractivity contribution is -0.254. The topological polar surface area (TPSA) is 136 Å². The van der Waals surface area contributed by atoms with Crippen LogP contribution in [-0.2, 0) is 14.3 Å². The van der Waals surface area contributed by atoms with Gasteiger partial charge in [-0.25, -0.2) is 0 Å². The van der Waals surface area contributed by atoms with Crippen molar-refractivity contribution in [2.24, 2.45) is 22.9 Å². The Morgan fingerprint density at radius 1 is 0.938 bits per heavy atom. The summed E-state index contributed by atoms with van der Waals surface area (Å²) in [6, 6.07) is 26.2. The van der Waals surface area contributed by atoms with Crippen molar-refractivity contribution in [3.8, 4) is 17.2 Å². The summed E-state index contributed by atoms with van der Waals surface area (Å²) in [4.78, 5) is 35.2. The Balaban J connectivity index is 1.33. The molecule has 4 aliphatic rings. The van der Waals surface area contributed by atoms with Crippen LogP contribution in [0.1, 0.15) is 110 Å². The van der Waals surface area contributed by atoms with Crippen molar-refractivity contribution in [1.29, 1.82) is 0 Å². The molecule has 1 saturated heterocycles. The minimum Gasteiger partial charge on any atom is -0.459 e. The van der Waals surface area contributed by atoms with Crippen molar-refractivity contribution >= 4 is 28.7 Å². The normalized spacial score (nSPS) is 25.4. The number of aliphatic hydroxyl groups is 2. The summed E-state index contributed by atoms with van der Waals surface area (Å²) in [7, 11) is 0. The van der Waals surface area contributed by atoms with E-state index in [2.05, 4.69) is 25.6 Å². The Morgan fingerprint density at radius 3 is 2.52 bits per heavy atom. The number of amides is 1. The molecule has 2 fully saturated rings. The lowest BCUT2D eigenvalue weighted by Crippen LogP contribution is -2.70. The molecule has 4 aromatic carbocycles. The Morgan fingerprint density at radius 2 is 1.75 bits per heavy atom. The van der Waals surface area contributed by atoms with Gasteiger partial charge >= 0.3 is 0 Å². The van der Waals surface area contributed by atoms with Crippen LogP contribution in [0.15, 0.2) is 114 Å². The van der Waals surface area contributed by atoms with Crippen LogP contribution in [0, 0.1) is 17.8 Å². The van der Waals surface area contributed by atoms with Gasteiger partial charge in [0.25, 0.3) is 5.91 Å². The van der Waals surface area contributed by atoms with Gasteiger partial charge in [0.1, 0.15) is 29.6 Å². The van der Waals surface area contributed by atoms with Gasteiger partial charge in [-0.05, 0) is 116 Å². The van der Waals surface area contributed by atoms with Gasteiger partial charge < -0.3 is 38.9 Å². The first kappa shape index (κ1) is 45.2. The van der Waals surface area contributed by atoms with Crippen LogP contribution in [0.2, 0.25) is 0 Å². The van der Waals surface area contributed by atoms with E-state index in [-0.39, 0.29) is 43.5 Å². The van der Waals surface area contributed by atoms with Crippen LogP contribution < -0.4 is 9.47 Å². The molecule has 0 aromatic heterocycles. The Hall–Kier alpha value is -5.33. The van der Waals surface area contributed by atoms with E-state index in [1.165, 1.54) is 0 Å². The molecular weight excluding hydrogens is 809 g/mol. The number of oxime groups is 1. The molecule has 0 radical (unpaired) electrons. The molecule has 1 amide bonds. The van der Waals surface area contributed by atoms with Gasteiger partial charge in [0.2, 0.25) is 12.1 Å². The van der Waals surface area contributed by atoms with Gasteiger partial charge in [-0.15, -0.1) is 6.58 Å². The summed E-state index contributed by atoms with van der Waals surface area (Å²) in [5, 5.41) is 27.0. The Bertz CT molecular complexity index is 2320.